The lowest BCUT2D eigenvalue weighted by molar-refractivity contribution is -0.117. The summed E-state index contributed by atoms with van der Waals surface area (Å²) in [5.41, 5.74) is 0.546. The minimum atomic E-state index is -0.527. The fourth-order valence-corrected chi connectivity index (χ4v) is 3.85. The van der Waals surface area contributed by atoms with Crippen LogP contribution in [0.15, 0.2) is 35.7 Å². The highest BCUT2D eigenvalue weighted by Gasteiger charge is 2.14. The molecule has 0 aliphatic carbocycles. The van der Waals surface area contributed by atoms with Gasteiger partial charge in [-0.15, -0.1) is 11.3 Å². The molecular weight excluding hydrogens is 393 g/mol. The largest absolute Gasteiger partial charge is 0.379 e. The van der Waals surface area contributed by atoms with Crippen LogP contribution in [0.3, 0.4) is 0 Å². The molecule has 1 aliphatic heterocycles. The van der Waals surface area contributed by atoms with Crippen molar-refractivity contribution in [2.75, 3.05) is 43.5 Å². The number of ether oxygens (including phenoxy) is 1. The second-order valence-electron chi connectivity index (χ2n) is 6.93. The summed E-state index contributed by atoms with van der Waals surface area (Å²) in [6.45, 7) is 3.55. The molecule has 1 fully saturated rings. The van der Waals surface area contributed by atoms with Crippen molar-refractivity contribution in [3.8, 4) is 0 Å². The van der Waals surface area contributed by atoms with Gasteiger partial charge in [-0.2, -0.15) is 0 Å². The van der Waals surface area contributed by atoms with Gasteiger partial charge in [-0.3, -0.25) is 14.5 Å². The van der Waals surface area contributed by atoms with E-state index in [2.05, 4.69) is 21.6 Å². The van der Waals surface area contributed by atoms with E-state index in [1.807, 2.05) is 11.4 Å². The molecule has 0 atom stereocenters. The highest BCUT2D eigenvalue weighted by atomic mass is 32.1. The normalized spacial score (nSPS) is 14.5. The summed E-state index contributed by atoms with van der Waals surface area (Å²) in [6, 6.07) is 8.25. The van der Waals surface area contributed by atoms with E-state index in [0.717, 1.165) is 25.9 Å². The molecule has 0 saturated carbocycles. The lowest BCUT2D eigenvalue weighted by Gasteiger charge is -2.26. The van der Waals surface area contributed by atoms with E-state index in [1.165, 1.54) is 23.1 Å². The average molecular weight is 420 g/mol. The van der Waals surface area contributed by atoms with E-state index in [4.69, 9.17) is 4.74 Å². The molecule has 1 aromatic carbocycles. The molecule has 3 rings (SSSR count). The summed E-state index contributed by atoms with van der Waals surface area (Å²) in [5, 5.41) is 7.39. The third-order valence-corrected chi connectivity index (χ3v) is 5.63. The molecule has 0 bridgehead atoms. The van der Waals surface area contributed by atoms with Crippen LogP contribution in [-0.4, -0.2) is 49.6 Å². The predicted octanol–water partition coefficient (Wildman–Crippen LogP) is 3.51. The number of morpholine rings is 1. The number of aryl methyl sites for hydroxylation is 1. The zero-order chi connectivity index (χ0) is 20.5. The molecule has 156 valence electrons. The molecule has 2 aromatic rings. The Hall–Kier alpha value is -2.29. The van der Waals surface area contributed by atoms with E-state index in [1.54, 1.807) is 11.3 Å². The minimum absolute atomic E-state index is 0.0772. The first-order chi connectivity index (χ1) is 14.1. The van der Waals surface area contributed by atoms with Gasteiger partial charge in [0.15, 0.2) is 0 Å². The van der Waals surface area contributed by atoms with Gasteiger partial charge in [0.25, 0.3) is 0 Å². The number of thiophene rings is 1. The van der Waals surface area contributed by atoms with E-state index in [-0.39, 0.29) is 23.9 Å². The molecule has 0 spiro atoms. The van der Waals surface area contributed by atoms with Crippen molar-refractivity contribution >= 4 is 34.5 Å². The molecule has 2 amide bonds. The quantitative estimate of drug-likeness (QED) is 0.653. The number of hydrogen-bond acceptors (Lipinski definition) is 5. The SMILES string of the molecule is O=C(CCCc1cccs1)Nc1ccc(F)c(NC(=O)CCN2CCOCC2)c1. The van der Waals surface area contributed by atoms with Gasteiger partial charge in [0.05, 0.1) is 18.9 Å². The fourth-order valence-electron chi connectivity index (χ4n) is 3.10. The molecule has 2 N–H and O–H groups in total. The Morgan fingerprint density at radius 2 is 1.90 bits per heavy atom. The Kier molecular flexibility index (Phi) is 8.15. The first-order valence-corrected chi connectivity index (χ1v) is 10.7. The van der Waals surface area contributed by atoms with Gasteiger partial charge in [-0.25, -0.2) is 4.39 Å². The number of hydrogen-bond donors (Lipinski definition) is 2. The first-order valence-electron chi connectivity index (χ1n) is 9.82. The monoisotopic (exact) mass is 419 g/mol. The molecule has 29 heavy (non-hydrogen) atoms. The molecule has 0 radical (unpaired) electrons. The van der Waals surface area contributed by atoms with Crippen molar-refractivity contribution in [1.29, 1.82) is 0 Å². The molecule has 6 nitrogen and oxygen atoms in total. The van der Waals surface area contributed by atoms with Crippen LogP contribution in [-0.2, 0) is 20.7 Å². The smallest absolute Gasteiger partial charge is 0.225 e. The number of nitrogens with zero attached hydrogens (tertiary/aromatic N) is 1. The molecule has 1 saturated heterocycles. The maximum Gasteiger partial charge on any atom is 0.225 e. The van der Waals surface area contributed by atoms with E-state index < -0.39 is 5.82 Å². The van der Waals surface area contributed by atoms with Crippen molar-refractivity contribution in [3.05, 3.63) is 46.4 Å². The number of anilines is 2. The highest BCUT2D eigenvalue weighted by Crippen LogP contribution is 2.20. The van der Waals surface area contributed by atoms with Gasteiger partial charge in [0, 0.05) is 43.0 Å². The van der Waals surface area contributed by atoms with Crippen LogP contribution in [0.4, 0.5) is 15.8 Å². The van der Waals surface area contributed by atoms with Crippen molar-refractivity contribution in [2.24, 2.45) is 0 Å². The summed E-state index contributed by atoms with van der Waals surface area (Å²) >= 11 is 1.68. The second kappa shape index (κ2) is 11.0. The van der Waals surface area contributed by atoms with Gasteiger partial charge < -0.3 is 15.4 Å². The van der Waals surface area contributed by atoms with Gasteiger partial charge in [0.1, 0.15) is 5.82 Å². The van der Waals surface area contributed by atoms with Crippen molar-refractivity contribution in [1.82, 2.24) is 4.90 Å². The van der Waals surface area contributed by atoms with Crippen LogP contribution < -0.4 is 10.6 Å². The Morgan fingerprint density at radius 1 is 1.10 bits per heavy atom. The second-order valence-corrected chi connectivity index (χ2v) is 7.96. The minimum Gasteiger partial charge on any atom is -0.379 e. The number of benzene rings is 1. The van der Waals surface area contributed by atoms with E-state index in [0.29, 0.717) is 31.9 Å². The summed E-state index contributed by atoms with van der Waals surface area (Å²) in [7, 11) is 0. The topological polar surface area (TPSA) is 70.7 Å². The van der Waals surface area contributed by atoms with Gasteiger partial charge >= 0.3 is 0 Å². The highest BCUT2D eigenvalue weighted by molar-refractivity contribution is 7.09. The standard InChI is InChI=1S/C21H26FN3O3S/c22-18-7-6-16(23-20(26)5-1-3-17-4-2-14-29-17)15-19(18)24-21(27)8-9-25-10-12-28-13-11-25/h2,4,6-7,14-15H,1,3,5,8-13H2,(H,23,26)(H,24,27). The lowest BCUT2D eigenvalue weighted by Crippen LogP contribution is -2.38. The molecule has 1 aliphatic rings. The molecule has 0 unspecified atom stereocenters. The average Bonchev–Trinajstić information content (AvgIpc) is 3.23. The number of amides is 2. The summed E-state index contributed by atoms with van der Waals surface area (Å²) < 4.78 is 19.3. The van der Waals surface area contributed by atoms with Crippen LogP contribution in [0.5, 0.6) is 0 Å². The lowest BCUT2D eigenvalue weighted by atomic mass is 10.2. The van der Waals surface area contributed by atoms with Crippen molar-refractivity contribution < 1.29 is 18.7 Å². The summed E-state index contributed by atoms with van der Waals surface area (Å²) in [5.74, 6) is -0.909. The van der Waals surface area contributed by atoms with Crippen LogP contribution in [0, 0.1) is 5.82 Å². The predicted molar refractivity (Wildman–Crippen MR) is 113 cm³/mol. The number of carbonyl (C=O) groups is 2. The number of halogens is 1. The zero-order valence-electron chi connectivity index (χ0n) is 16.3. The Morgan fingerprint density at radius 3 is 2.66 bits per heavy atom. The fraction of sp³-hybridized carbons (Fsp3) is 0.429. The van der Waals surface area contributed by atoms with Crippen molar-refractivity contribution in [3.63, 3.8) is 0 Å². The van der Waals surface area contributed by atoms with E-state index in [9.17, 15) is 14.0 Å². The third kappa shape index (κ3) is 7.23. The van der Waals surface area contributed by atoms with Gasteiger partial charge in [-0.05, 0) is 42.5 Å². The molecule has 2 heterocycles. The third-order valence-electron chi connectivity index (χ3n) is 4.69. The van der Waals surface area contributed by atoms with Crippen LogP contribution in [0.25, 0.3) is 0 Å². The molecule has 8 heteroatoms. The Bertz CT molecular complexity index is 808. The van der Waals surface area contributed by atoms with Crippen LogP contribution in [0.1, 0.15) is 24.1 Å². The van der Waals surface area contributed by atoms with Crippen LogP contribution >= 0.6 is 11.3 Å². The molecule has 1 aromatic heterocycles. The van der Waals surface area contributed by atoms with Gasteiger partial charge in [0.2, 0.25) is 11.8 Å². The van der Waals surface area contributed by atoms with E-state index >= 15 is 0 Å². The number of carbonyl (C=O) groups excluding carboxylic acids is 2. The number of nitrogens with one attached hydrogen (secondary N) is 2. The Labute approximate surface area is 174 Å². The maximum atomic E-state index is 14.1. The van der Waals surface area contributed by atoms with Crippen molar-refractivity contribution in [2.45, 2.75) is 25.7 Å². The summed E-state index contributed by atoms with van der Waals surface area (Å²) in [6.07, 6.45) is 2.27. The summed E-state index contributed by atoms with van der Waals surface area (Å²) in [4.78, 5) is 27.7. The maximum absolute atomic E-state index is 14.1. The molecular formula is C21H26FN3O3S. The van der Waals surface area contributed by atoms with Crippen LogP contribution in [0.2, 0.25) is 0 Å². The first kappa shape index (κ1) is 21.4. The van der Waals surface area contributed by atoms with Gasteiger partial charge in [-0.1, -0.05) is 6.07 Å². The zero-order valence-corrected chi connectivity index (χ0v) is 17.1. The Balaban J connectivity index is 1.45. The number of rotatable bonds is 9.